The van der Waals surface area contributed by atoms with E-state index in [-0.39, 0.29) is 48.5 Å². The SMILES string of the molecule is CCNC(O)OCC#CC1=CCC(C2CC3(C)C(CC[C@@]3(O)C(F)(F)F)C3CC[C@@]4(O)CC5(CCC4=C23)OCC(C)(C)CO5)C=C1. The number of nitrogens with one attached hydrogen (secondary N) is 1. The largest absolute Gasteiger partial charge is 0.417 e. The van der Waals surface area contributed by atoms with Crippen molar-refractivity contribution in [2.45, 2.75) is 115 Å². The van der Waals surface area contributed by atoms with E-state index in [2.05, 4.69) is 31.0 Å². The van der Waals surface area contributed by atoms with Gasteiger partial charge in [-0.05, 0) is 80.7 Å². The number of halogens is 3. The predicted octanol–water partition coefficient (Wildman–Crippen LogP) is 5.51. The summed E-state index contributed by atoms with van der Waals surface area (Å²) in [6.07, 6.45) is 3.49. The third-order valence-electron chi connectivity index (χ3n) is 12.1. The van der Waals surface area contributed by atoms with Gasteiger partial charge in [0.15, 0.2) is 11.4 Å². The van der Waals surface area contributed by atoms with E-state index in [1.807, 2.05) is 25.2 Å². The van der Waals surface area contributed by atoms with Gasteiger partial charge in [-0.25, -0.2) is 0 Å². The van der Waals surface area contributed by atoms with Crippen LogP contribution in [0.2, 0.25) is 0 Å². The molecule has 4 fully saturated rings. The first-order valence-corrected chi connectivity index (χ1v) is 17.0. The van der Waals surface area contributed by atoms with Crippen molar-refractivity contribution in [2.24, 2.45) is 34.5 Å². The van der Waals surface area contributed by atoms with Gasteiger partial charge in [-0.3, -0.25) is 5.32 Å². The normalized spacial score (nSPS) is 40.3. The smallest absolute Gasteiger partial charge is 0.385 e. The van der Waals surface area contributed by atoms with E-state index in [1.54, 1.807) is 6.92 Å². The molecule has 0 bridgehead atoms. The average molecular weight is 650 g/mol. The molecule has 6 aliphatic rings. The highest BCUT2D eigenvalue weighted by atomic mass is 19.4. The van der Waals surface area contributed by atoms with E-state index < -0.39 is 35.0 Å². The summed E-state index contributed by atoms with van der Waals surface area (Å²) < 4.78 is 61.8. The zero-order chi connectivity index (χ0) is 33.2. The summed E-state index contributed by atoms with van der Waals surface area (Å²) in [7, 11) is 0. The van der Waals surface area contributed by atoms with Crippen LogP contribution in [0.3, 0.4) is 0 Å². The van der Waals surface area contributed by atoms with Crippen LogP contribution >= 0.6 is 0 Å². The summed E-state index contributed by atoms with van der Waals surface area (Å²) in [6, 6.07) is 0. The maximum Gasteiger partial charge on any atom is 0.417 e. The van der Waals surface area contributed by atoms with Crippen molar-refractivity contribution in [1.29, 1.82) is 0 Å². The van der Waals surface area contributed by atoms with Crippen LogP contribution < -0.4 is 5.32 Å². The van der Waals surface area contributed by atoms with Crippen LogP contribution in [0.4, 0.5) is 13.2 Å². The zero-order valence-corrected chi connectivity index (χ0v) is 27.5. The molecule has 10 heteroatoms. The molecule has 7 nitrogen and oxygen atoms in total. The molecule has 1 saturated heterocycles. The van der Waals surface area contributed by atoms with Crippen LogP contribution in [0.15, 0.2) is 34.9 Å². The molecule has 0 aromatic rings. The average Bonchev–Trinajstić information content (AvgIpc) is 3.28. The molecule has 256 valence electrons. The molecule has 0 aromatic heterocycles. The first kappa shape index (κ1) is 34.2. The van der Waals surface area contributed by atoms with Gasteiger partial charge in [0.25, 0.3) is 0 Å². The molecule has 0 amide bonds. The van der Waals surface area contributed by atoms with E-state index in [9.17, 15) is 28.5 Å². The Morgan fingerprint density at radius 2 is 1.83 bits per heavy atom. The molecule has 1 aliphatic heterocycles. The van der Waals surface area contributed by atoms with Gasteiger partial charge in [-0.1, -0.05) is 63.3 Å². The van der Waals surface area contributed by atoms with E-state index in [4.69, 9.17) is 14.2 Å². The van der Waals surface area contributed by atoms with Gasteiger partial charge in [0, 0.05) is 29.2 Å². The van der Waals surface area contributed by atoms with Gasteiger partial charge in [0.2, 0.25) is 6.41 Å². The number of aliphatic hydroxyl groups is 3. The molecular weight excluding hydrogens is 599 g/mol. The Labute approximate surface area is 270 Å². The monoisotopic (exact) mass is 649 g/mol. The number of allylic oxidation sites excluding steroid dienone is 5. The van der Waals surface area contributed by atoms with Crippen molar-refractivity contribution >= 4 is 0 Å². The Morgan fingerprint density at radius 3 is 2.48 bits per heavy atom. The van der Waals surface area contributed by atoms with Crippen LogP contribution in [0.25, 0.3) is 0 Å². The van der Waals surface area contributed by atoms with Crippen LogP contribution in [0.5, 0.6) is 0 Å². The minimum Gasteiger partial charge on any atom is -0.385 e. The van der Waals surface area contributed by atoms with Gasteiger partial charge >= 0.3 is 6.18 Å². The van der Waals surface area contributed by atoms with E-state index in [0.29, 0.717) is 64.7 Å². The van der Waals surface area contributed by atoms with E-state index in [0.717, 1.165) is 16.7 Å². The minimum absolute atomic E-state index is 0.0457. The number of alkyl halides is 3. The van der Waals surface area contributed by atoms with E-state index in [1.165, 1.54) is 0 Å². The van der Waals surface area contributed by atoms with Crippen molar-refractivity contribution in [3.05, 3.63) is 34.9 Å². The summed E-state index contributed by atoms with van der Waals surface area (Å²) in [5.41, 5.74) is -2.45. The summed E-state index contributed by atoms with van der Waals surface area (Å²) in [4.78, 5) is 0. The second-order valence-electron chi connectivity index (χ2n) is 15.6. The number of hydrogen-bond acceptors (Lipinski definition) is 7. The Kier molecular flexibility index (Phi) is 8.92. The molecule has 6 rings (SSSR count). The molecule has 0 aromatic carbocycles. The molecular formula is C36H50F3NO6. The predicted molar refractivity (Wildman–Crippen MR) is 166 cm³/mol. The van der Waals surface area contributed by atoms with Crippen molar-refractivity contribution in [2.75, 3.05) is 26.4 Å². The summed E-state index contributed by atoms with van der Waals surface area (Å²) in [5.74, 6) is 4.31. The molecule has 5 aliphatic carbocycles. The molecule has 6 unspecified atom stereocenters. The fraction of sp³-hybridized carbons (Fsp3) is 0.778. The first-order chi connectivity index (χ1) is 21.6. The molecule has 3 saturated carbocycles. The molecule has 8 atom stereocenters. The fourth-order valence-electron chi connectivity index (χ4n) is 9.69. The van der Waals surface area contributed by atoms with Gasteiger partial charge in [-0.2, -0.15) is 13.2 Å². The van der Waals surface area contributed by atoms with Crippen molar-refractivity contribution in [1.82, 2.24) is 5.32 Å². The highest BCUT2D eigenvalue weighted by molar-refractivity contribution is 5.43. The summed E-state index contributed by atoms with van der Waals surface area (Å²) in [5, 5.41) is 36.2. The maximum atomic E-state index is 14.6. The number of rotatable bonds is 5. The van der Waals surface area contributed by atoms with Crippen molar-refractivity contribution < 1.29 is 42.7 Å². The quantitative estimate of drug-likeness (QED) is 0.177. The number of hydrogen-bond donors (Lipinski definition) is 4. The number of aliphatic hydroxyl groups excluding tert-OH is 1. The fourth-order valence-corrected chi connectivity index (χ4v) is 9.69. The van der Waals surface area contributed by atoms with Crippen molar-refractivity contribution in [3.8, 4) is 11.8 Å². The van der Waals surface area contributed by atoms with Crippen LogP contribution in [-0.4, -0.2) is 71.3 Å². The summed E-state index contributed by atoms with van der Waals surface area (Å²) in [6.45, 7) is 9.40. The maximum absolute atomic E-state index is 14.6. The van der Waals surface area contributed by atoms with Gasteiger partial charge < -0.3 is 29.5 Å². The minimum atomic E-state index is -4.73. The highest BCUT2D eigenvalue weighted by Gasteiger charge is 2.73. The second kappa shape index (κ2) is 12.0. The Hall–Kier alpha value is -1.71. The molecule has 0 radical (unpaired) electrons. The lowest BCUT2D eigenvalue weighted by molar-refractivity contribution is -0.323. The number of fused-ring (bicyclic) bond motifs is 4. The Morgan fingerprint density at radius 1 is 1.09 bits per heavy atom. The molecule has 4 N–H and O–H groups in total. The number of ether oxygens (including phenoxy) is 3. The molecule has 1 heterocycles. The van der Waals surface area contributed by atoms with E-state index >= 15 is 0 Å². The molecule has 46 heavy (non-hydrogen) atoms. The first-order valence-electron chi connectivity index (χ1n) is 17.0. The highest BCUT2D eigenvalue weighted by Crippen LogP contribution is 2.70. The third kappa shape index (κ3) is 5.82. The lowest BCUT2D eigenvalue weighted by atomic mass is 9.48. The Bertz CT molecular complexity index is 1330. The molecule has 1 spiro atoms. The van der Waals surface area contributed by atoms with Crippen LogP contribution in [0.1, 0.15) is 85.5 Å². The lowest BCUT2D eigenvalue weighted by Gasteiger charge is -2.59. The van der Waals surface area contributed by atoms with Crippen molar-refractivity contribution in [3.63, 3.8) is 0 Å². The van der Waals surface area contributed by atoms with Crippen LogP contribution in [-0.2, 0) is 14.2 Å². The standard InChI is InChI=1S/C36H50F3NO6/c1-5-40-30(41)44-18-6-7-23-8-10-24(11-9-23)26-19-32(4)27(14-17-35(32,43)36(37,38)39)25-12-15-33(42)20-34(16-13-28(33)29(25)26)45-21-31(2,3)22-46-34/h8-10,24-27,30,40-43H,5,11-22H2,1-4H3/t24?,25?,26?,27?,30?,32?,33-,35+/m1/s1. The summed E-state index contributed by atoms with van der Waals surface area (Å²) >= 11 is 0. The zero-order valence-electron chi connectivity index (χ0n) is 27.5. The topological polar surface area (TPSA) is 100 Å². The lowest BCUT2D eigenvalue weighted by Crippen LogP contribution is -2.61. The van der Waals surface area contributed by atoms with Gasteiger partial charge in [0.05, 0.1) is 18.8 Å². The van der Waals surface area contributed by atoms with Gasteiger partial charge in [-0.15, -0.1) is 0 Å². The van der Waals surface area contributed by atoms with Gasteiger partial charge in [0.1, 0.15) is 6.61 Å². The second-order valence-corrected chi connectivity index (χ2v) is 15.6. The third-order valence-corrected chi connectivity index (χ3v) is 12.1. The Balaban J connectivity index is 1.31. The van der Waals surface area contributed by atoms with Crippen LogP contribution in [0, 0.1) is 46.3 Å².